The van der Waals surface area contributed by atoms with Crippen LogP contribution in [-0.4, -0.2) is 42.7 Å². The number of pyridine rings is 1. The molecule has 98 valence electrons. The minimum Gasteiger partial charge on any atom is -0.462 e. The Morgan fingerprint density at radius 2 is 2.33 bits per heavy atom. The summed E-state index contributed by atoms with van der Waals surface area (Å²) in [5.74, 6) is 0.0272. The van der Waals surface area contributed by atoms with E-state index in [2.05, 4.69) is 15.0 Å². The second kappa shape index (κ2) is 7.17. The molecule has 0 radical (unpaired) electrons. The Bertz CT molecular complexity index is 406. The Morgan fingerprint density at radius 1 is 1.56 bits per heavy atom. The van der Waals surface area contributed by atoms with E-state index in [0.29, 0.717) is 12.4 Å². The van der Waals surface area contributed by atoms with Crippen molar-refractivity contribution in [2.75, 3.05) is 32.2 Å². The molecule has 0 spiro atoms. The van der Waals surface area contributed by atoms with Crippen molar-refractivity contribution in [2.45, 2.75) is 0 Å². The summed E-state index contributed by atoms with van der Waals surface area (Å²) in [6.07, 6.45) is 1.15. The molecule has 0 saturated carbocycles. The Morgan fingerprint density at radius 3 is 2.89 bits per heavy atom. The van der Waals surface area contributed by atoms with Crippen LogP contribution in [0.1, 0.15) is 0 Å². The first-order valence-electron chi connectivity index (χ1n) is 5.12. The van der Waals surface area contributed by atoms with E-state index in [9.17, 15) is 14.9 Å². The standard InChI is InChI=1S/C10H13N3O5/c1-17-7-10(14)18-5-4-11-9-3-2-8(6-12-9)13(15)16/h2-3,6H,4-5,7H2,1H3,(H,11,12). The van der Waals surface area contributed by atoms with Crippen molar-refractivity contribution in [1.29, 1.82) is 0 Å². The van der Waals surface area contributed by atoms with Crippen molar-refractivity contribution in [3.63, 3.8) is 0 Å². The summed E-state index contributed by atoms with van der Waals surface area (Å²) < 4.78 is 9.39. The average molecular weight is 255 g/mol. The van der Waals surface area contributed by atoms with Crippen LogP contribution in [0.15, 0.2) is 18.3 Å². The number of nitrogens with zero attached hydrogens (tertiary/aromatic N) is 2. The van der Waals surface area contributed by atoms with Crippen LogP contribution in [0.3, 0.4) is 0 Å². The molecule has 0 unspecified atom stereocenters. The van der Waals surface area contributed by atoms with Crippen molar-refractivity contribution in [1.82, 2.24) is 4.98 Å². The third-order valence-electron chi connectivity index (χ3n) is 1.89. The molecule has 0 fully saturated rings. The topological polar surface area (TPSA) is 104 Å². The monoisotopic (exact) mass is 255 g/mol. The number of nitro groups is 1. The van der Waals surface area contributed by atoms with E-state index in [1.54, 1.807) is 0 Å². The molecule has 0 aromatic carbocycles. The van der Waals surface area contributed by atoms with Gasteiger partial charge in [-0.1, -0.05) is 0 Å². The molecule has 0 bridgehead atoms. The highest BCUT2D eigenvalue weighted by Gasteiger charge is 2.05. The number of rotatable bonds is 7. The molecule has 1 N–H and O–H groups in total. The van der Waals surface area contributed by atoms with Gasteiger partial charge in [-0.15, -0.1) is 0 Å². The third-order valence-corrected chi connectivity index (χ3v) is 1.89. The number of carbonyl (C=O) groups excluding carboxylic acids is 1. The third kappa shape index (κ3) is 4.74. The highest BCUT2D eigenvalue weighted by molar-refractivity contribution is 5.70. The van der Waals surface area contributed by atoms with Gasteiger partial charge in [0.25, 0.3) is 5.69 Å². The largest absolute Gasteiger partial charge is 0.462 e. The summed E-state index contributed by atoms with van der Waals surface area (Å²) in [7, 11) is 1.40. The van der Waals surface area contributed by atoms with E-state index in [-0.39, 0.29) is 18.9 Å². The Hall–Kier alpha value is -2.22. The van der Waals surface area contributed by atoms with Gasteiger partial charge < -0.3 is 14.8 Å². The van der Waals surface area contributed by atoms with Crippen LogP contribution in [0.4, 0.5) is 11.5 Å². The summed E-state index contributed by atoms with van der Waals surface area (Å²) >= 11 is 0. The predicted octanol–water partition coefficient (Wildman–Crippen LogP) is 0.591. The van der Waals surface area contributed by atoms with Gasteiger partial charge in [0.2, 0.25) is 0 Å². The molecule has 18 heavy (non-hydrogen) atoms. The molecule has 0 aliphatic carbocycles. The lowest BCUT2D eigenvalue weighted by atomic mass is 10.4. The SMILES string of the molecule is COCC(=O)OCCNc1ccc([N+](=O)[O-])cn1. The number of methoxy groups -OCH3 is 1. The first kappa shape index (κ1) is 13.8. The lowest BCUT2D eigenvalue weighted by Gasteiger charge is -2.06. The lowest BCUT2D eigenvalue weighted by molar-refractivity contribution is -0.385. The van der Waals surface area contributed by atoms with Crippen LogP contribution in [0.25, 0.3) is 0 Å². The van der Waals surface area contributed by atoms with E-state index in [0.717, 1.165) is 6.20 Å². The fourth-order valence-electron chi connectivity index (χ4n) is 1.10. The summed E-state index contributed by atoms with van der Waals surface area (Å²) in [4.78, 5) is 24.6. The Labute approximate surface area is 103 Å². The van der Waals surface area contributed by atoms with Crippen LogP contribution >= 0.6 is 0 Å². The smallest absolute Gasteiger partial charge is 0.332 e. The zero-order valence-electron chi connectivity index (χ0n) is 9.79. The molecule has 1 aromatic rings. The fourth-order valence-corrected chi connectivity index (χ4v) is 1.10. The fraction of sp³-hybridized carbons (Fsp3) is 0.400. The molecule has 8 heteroatoms. The highest BCUT2D eigenvalue weighted by Crippen LogP contribution is 2.11. The van der Waals surface area contributed by atoms with Crippen molar-refractivity contribution in [3.05, 3.63) is 28.4 Å². The first-order valence-corrected chi connectivity index (χ1v) is 5.12. The lowest BCUT2D eigenvalue weighted by Crippen LogP contribution is -2.17. The molecule has 8 nitrogen and oxygen atoms in total. The van der Waals surface area contributed by atoms with E-state index in [1.165, 1.54) is 19.2 Å². The van der Waals surface area contributed by atoms with Crippen LogP contribution in [0, 0.1) is 10.1 Å². The number of ether oxygens (including phenoxy) is 2. The zero-order chi connectivity index (χ0) is 13.4. The van der Waals surface area contributed by atoms with Crippen molar-refractivity contribution >= 4 is 17.5 Å². The molecular weight excluding hydrogens is 242 g/mol. The van der Waals surface area contributed by atoms with Crippen LogP contribution in [0.5, 0.6) is 0 Å². The van der Waals surface area contributed by atoms with Gasteiger partial charge in [-0.3, -0.25) is 10.1 Å². The van der Waals surface area contributed by atoms with E-state index < -0.39 is 10.9 Å². The predicted molar refractivity (Wildman–Crippen MR) is 62.2 cm³/mol. The summed E-state index contributed by atoms with van der Waals surface area (Å²) in [5, 5.41) is 13.2. The number of nitrogens with one attached hydrogen (secondary N) is 1. The normalized spacial score (nSPS) is 9.83. The molecule has 0 saturated heterocycles. The minimum atomic E-state index is -0.524. The summed E-state index contributed by atoms with van der Waals surface area (Å²) in [6, 6.07) is 2.82. The maximum absolute atomic E-state index is 10.9. The Kier molecular flexibility index (Phi) is 5.52. The second-order valence-electron chi connectivity index (χ2n) is 3.24. The van der Waals surface area contributed by atoms with Gasteiger partial charge in [0, 0.05) is 13.2 Å². The maximum atomic E-state index is 10.9. The van der Waals surface area contributed by atoms with Gasteiger partial charge in [0.05, 0.1) is 11.5 Å². The van der Waals surface area contributed by atoms with Crippen molar-refractivity contribution in [3.8, 4) is 0 Å². The molecule has 1 rings (SSSR count). The number of aromatic nitrogens is 1. The van der Waals surface area contributed by atoms with E-state index in [4.69, 9.17) is 4.74 Å². The summed E-state index contributed by atoms with van der Waals surface area (Å²) in [6.45, 7) is 0.441. The van der Waals surface area contributed by atoms with Crippen LogP contribution < -0.4 is 5.32 Å². The first-order chi connectivity index (χ1) is 8.63. The molecule has 1 aromatic heterocycles. The molecule has 0 atom stereocenters. The number of esters is 1. The molecular formula is C10H13N3O5. The molecule has 0 aliphatic rings. The van der Waals surface area contributed by atoms with E-state index >= 15 is 0 Å². The van der Waals surface area contributed by atoms with Gasteiger partial charge in [0.1, 0.15) is 25.2 Å². The van der Waals surface area contributed by atoms with Gasteiger partial charge in [-0.05, 0) is 6.07 Å². The number of hydrogen-bond donors (Lipinski definition) is 1. The molecule has 0 amide bonds. The van der Waals surface area contributed by atoms with Gasteiger partial charge in [-0.25, -0.2) is 9.78 Å². The van der Waals surface area contributed by atoms with Crippen molar-refractivity contribution < 1.29 is 19.2 Å². The average Bonchev–Trinajstić information content (AvgIpc) is 2.35. The van der Waals surface area contributed by atoms with Crippen LogP contribution in [-0.2, 0) is 14.3 Å². The van der Waals surface area contributed by atoms with Crippen molar-refractivity contribution in [2.24, 2.45) is 0 Å². The quantitative estimate of drug-likeness (QED) is 0.329. The van der Waals surface area contributed by atoms with Gasteiger partial charge in [0.15, 0.2) is 0 Å². The summed E-state index contributed by atoms with van der Waals surface area (Å²) in [5.41, 5.74) is -0.0768. The zero-order valence-corrected chi connectivity index (χ0v) is 9.79. The molecule has 0 aliphatic heterocycles. The minimum absolute atomic E-state index is 0.0768. The van der Waals surface area contributed by atoms with Crippen LogP contribution in [0.2, 0.25) is 0 Å². The Balaban J connectivity index is 2.27. The second-order valence-corrected chi connectivity index (χ2v) is 3.24. The highest BCUT2D eigenvalue weighted by atomic mass is 16.6. The number of carbonyl (C=O) groups is 1. The maximum Gasteiger partial charge on any atom is 0.332 e. The number of hydrogen-bond acceptors (Lipinski definition) is 7. The van der Waals surface area contributed by atoms with Gasteiger partial charge in [-0.2, -0.15) is 0 Å². The van der Waals surface area contributed by atoms with Gasteiger partial charge >= 0.3 is 5.97 Å². The van der Waals surface area contributed by atoms with E-state index in [1.807, 2.05) is 0 Å². The molecule has 1 heterocycles. The number of anilines is 1.